The lowest BCUT2D eigenvalue weighted by molar-refractivity contribution is 0.0951. The van der Waals surface area contributed by atoms with Gasteiger partial charge in [0.15, 0.2) is 0 Å². The number of hydrogen-bond donors (Lipinski definition) is 4. The van der Waals surface area contributed by atoms with Gasteiger partial charge in [0, 0.05) is 23.5 Å². The highest BCUT2D eigenvalue weighted by atomic mass is 16.3. The summed E-state index contributed by atoms with van der Waals surface area (Å²) in [5.41, 5.74) is 8.07. The molecule has 1 heterocycles. The molecule has 0 aliphatic heterocycles. The molecule has 1 aromatic carbocycles. The summed E-state index contributed by atoms with van der Waals surface area (Å²) < 4.78 is 0. The lowest BCUT2D eigenvalue weighted by Gasteiger charge is -2.07. The fourth-order valence-corrected chi connectivity index (χ4v) is 1.57. The molecule has 94 valence electrons. The number of nitrogens with one attached hydrogen (secondary N) is 2. The first-order chi connectivity index (χ1) is 8.58. The van der Waals surface area contributed by atoms with Crippen LogP contribution in [0.5, 0.6) is 5.75 Å². The third-order valence-corrected chi connectivity index (χ3v) is 2.66. The van der Waals surface area contributed by atoms with Gasteiger partial charge in [0.2, 0.25) is 0 Å². The molecule has 0 aliphatic carbocycles. The van der Waals surface area contributed by atoms with Crippen LogP contribution in [0.15, 0.2) is 24.4 Å². The maximum Gasteiger partial charge on any atom is 0.253 e. The zero-order chi connectivity index (χ0) is 13.1. The van der Waals surface area contributed by atoms with E-state index in [-0.39, 0.29) is 17.2 Å². The van der Waals surface area contributed by atoms with E-state index in [0.717, 1.165) is 11.3 Å². The third kappa shape index (κ3) is 2.42. The maximum atomic E-state index is 11.9. The molecule has 0 unspecified atom stereocenters. The van der Waals surface area contributed by atoms with Crippen LogP contribution in [0.4, 0.5) is 5.69 Å². The zero-order valence-electron chi connectivity index (χ0n) is 9.90. The van der Waals surface area contributed by atoms with E-state index in [1.165, 1.54) is 18.2 Å². The first-order valence-electron chi connectivity index (χ1n) is 5.43. The second kappa shape index (κ2) is 4.79. The number of phenolic OH excluding ortho intramolecular Hbond substituents is 1. The Kier molecular flexibility index (Phi) is 3.18. The summed E-state index contributed by atoms with van der Waals surface area (Å²) in [6.45, 7) is 2.23. The number of aromatic nitrogens is 2. The number of nitrogen functional groups attached to an aromatic ring is 1. The summed E-state index contributed by atoms with van der Waals surface area (Å²) in [6.07, 6.45) is 1.65. The molecule has 0 aliphatic rings. The number of aromatic hydroxyl groups is 1. The molecule has 2 aromatic rings. The van der Waals surface area contributed by atoms with Crippen LogP contribution in [0, 0.1) is 6.92 Å². The molecule has 0 atom stereocenters. The second-order valence-electron chi connectivity index (χ2n) is 3.97. The molecule has 2 rings (SSSR count). The Labute approximate surface area is 104 Å². The van der Waals surface area contributed by atoms with Crippen LogP contribution >= 0.6 is 0 Å². The molecule has 5 N–H and O–H groups in total. The van der Waals surface area contributed by atoms with Crippen LogP contribution in [-0.2, 0) is 6.54 Å². The lowest BCUT2D eigenvalue weighted by Crippen LogP contribution is -2.23. The minimum atomic E-state index is -0.330. The highest BCUT2D eigenvalue weighted by Crippen LogP contribution is 2.18. The standard InChI is InChI=1S/C12H14N4O2/c1-7-8(6-15-16-7)5-14-12(18)10-4-9(17)2-3-11(10)13/h2-4,6,17H,5,13H2,1H3,(H,14,18)(H,15,16). The van der Waals surface area contributed by atoms with Crippen molar-refractivity contribution in [1.82, 2.24) is 15.5 Å². The number of aromatic amines is 1. The van der Waals surface area contributed by atoms with Gasteiger partial charge in [-0.05, 0) is 25.1 Å². The number of carbonyl (C=O) groups excluding carboxylic acids is 1. The van der Waals surface area contributed by atoms with E-state index in [2.05, 4.69) is 15.5 Å². The number of phenols is 1. The summed E-state index contributed by atoms with van der Waals surface area (Å²) in [4.78, 5) is 11.9. The number of nitrogens with zero attached hydrogens (tertiary/aromatic N) is 1. The van der Waals surface area contributed by atoms with Crippen LogP contribution < -0.4 is 11.1 Å². The Morgan fingerprint density at radius 3 is 3.00 bits per heavy atom. The van der Waals surface area contributed by atoms with Crippen LogP contribution in [-0.4, -0.2) is 21.2 Å². The summed E-state index contributed by atoms with van der Waals surface area (Å²) in [7, 11) is 0. The predicted molar refractivity (Wildman–Crippen MR) is 67.0 cm³/mol. The third-order valence-electron chi connectivity index (χ3n) is 2.66. The number of H-pyrrole nitrogens is 1. The van der Waals surface area contributed by atoms with Gasteiger partial charge < -0.3 is 16.2 Å². The van der Waals surface area contributed by atoms with Crippen LogP contribution in [0.1, 0.15) is 21.6 Å². The normalized spacial score (nSPS) is 10.3. The first kappa shape index (κ1) is 12.0. The van der Waals surface area contributed by atoms with Crippen molar-refractivity contribution in [2.75, 3.05) is 5.73 Å². The molecule has 0 fully saturated rings. The zero-order valence-corrected chi connectivity index (χ0v) is 9.90. The fraction of sp³-hybridized carbons (Fsp3) is 0.167. The van der Waals surface area contributed by atoms with Gasteiger partial charge in [0.05, 0.1) is 11.8 Å². The van der Waals surface area contributed by atoms with Gasteiger partial charge in [0.25, 0.3) is 5.91 Å². The van der Waals surface area contributed by atoms with Crippen molar-refractivity contribution in [2.24, 2.45) is 0 Å². The predicted octanol–water partition coefficient (Wildman–Crippen LogP) is 0.936. The quantitative estimate of drug-likeness (QED) is 0.477. The second-order valence-corrected chi connectivity index (χ2v) is 3.97. The monoisotopic (exact) mass is 246 g/mol. The highest BCUT2D eigenvalue weighted by molar-refractivity contribution is 5.99. The summed E-state index contributed by atoms with van der Waals surface area (Å²) >= 11 is 0. The molecule has 1 amide bonds. The van der Waals surface area contributed by atoms with Crippen molar-refractivity contribution >= 4 is 11.6 Å². The number of aryl methyl sites for hydroxylation is 1. The van der Waals surface area contributed by atoms with Crippen LogP contribution in [0.3, 0.4) is 0 Å². The van der Waals surface area contributed by atoms with Gasteiger partial charge in [-0.15, -0.1) is 0 Å². The number of rotatable bonds is 3. The maximum absolute atomic E-state index is 11.9. The van der Waals surface area contributed by atoms with Gasteiger partial charge in [0.1, 0.15) is 5.75 Å². The first-order valence-corrected chi connectivity index (χ1v) is 5.43. The van der Waals surface area contributed by atoms with E-state index < -0.39 is 0 Å². The van der Waals surface area contributed by atoms with Crippen LogP contribution in [0.25, 0.3) is 0 Å². The van der Waals surface area contributed by atoms with Gasteiger partial charge >= 0.3 is 0 Å². The SMILES string of the molecule is Cc1[nH]ncc1CNC(=O)c1cc(O)ccc1N. The Morgan fingerprint density at radius 1 is 1.56 bits per heavy atom. The molecule has 0 bridgehead atoms. The van der Waals surface area contributed by atoms with Gasteiger partial charge in [-0.2, -0.15) is 5.10 Å². The number of amides is 1. The van der Waals surface area contributed by atoms with Crippen LogP contribution in [0.2, 0.25) is 0 Å². The average Bonchev–Trinajstić information content (AvgIpc) is 2.75. The molecule has 1 aromatic heterocycles. The summed E-state index contributed by atoms with van der Waals surface area (Å²) in [5, 5.41) is 18.7. The van der Waals surface area contributed by atoms with E-state index in [1.54, 1.807) is 6.20 Å². The molecular formula is C12H14N4O2. The Hall–Kier alpha value is -2.50. The van der Waals surface area contributed by atoms with E-state index in [0.29, 0.717) is 12.2 Å². The van der Waals surface area contributed by atoms with Crippen molar-refractivity contribution in [3.63, 3.8) is 0 Å². The molecule has 18 heavy (non-hydrogen) atoms. The molecular weight excluding hydrogens is 232 g/mol. The molecule has 0 radical (unpaired) electrons. The van der Waals surface area contributed by atoms with E-state index in [9.17, 15) is 9.90 Å². The smallest absolute Gasteiger partial charge is 0.253 e. The van der Waals surface area contributed by atoms with Gasteiger partial charge in [-0.3, -0.25) is 9.89 Å². The van der Waals surface area contributed by atoms with Gasteiger partial charge in [-0.1, -0.05) is 0 Å². The molecule has 6 nitrogen and oxygen atoms in total. The Morgan fingerprint density at radius 2 is 2.33 bits per heavy atom. The van der Waals surface area contributed by atoms with E-state index in [4.69, 9.17) is 5.73 Å². The number of hydrogen-bond acceptors (Lipinski definition) is 4. The van der Waals surface area contributed by atoms with Crippen molar-refractivity contribution in [3.8, 4) is 5.75 Å². The fourth-order valence-electron chi connectivity index (χ4n) is 1.57. The average molecular weight is 246 g/mol. The number of benzene rings is 1. The van der Waals surface area contributed by atoms with Gasteiger partial charge in [-0.25, -0.2) is 0 Å². The Balaban J connectivity index is 2.08. The minimum absolute atomic E-state index is 0.00819. The highest BCUT2D eigenvalue weighted by Gasteiger charge is 2.11. The molecule has 6 heteroatoms. The molecule has 0 saturated heterocycles. The summed E-state index contributed by atoms with van der Waals surface area (Å²) in [6, 6.07) is 4.27. The topological polar surface area (TPSA) is 104 Å². The minimum Gasteiger partial charge on any atom is -0.508 e. The van der Waals surface area contributed by atoms with Crippen molar-refractivity contribution in [3.05, 3.63) is 41.2 Å². The summed E-state index contributed by atoms with van der Waals surface area (Å²) in [5.74, 6) is -0.321. The molecule has 0 spiro atoms. The molecule has 0 saturated carbocycles. The number of carbonyl (C=O) groups is 1. The Bertz CT molecular complexity index is 577. The van der Waals surface area contributed by atoms with Crippen molar-refractivity contribution in [2.45, 2.75) is 13.5 Å². The van der Waals surface area contributed by atoms with E-state index in [1.807, 2.05) is 6.92 Å². The number of anilines is 1. The largest absolute Gasteiger partial charge is 0.508 e. The van der Waals surface area contributed by atoms with Crippen molar-refractivity contribution < 1.29 is 9.90 Å². The van der Waals surface area contributed by atoms with E-state index >= 15 is 0 Å². The lowest BCUT2D eigenvalue weighted by atomic mass is 10.1. The number of nitrogens with two attached hydrogens (primary N) is 1. The van der Waals surface area contributed by atoms with Crippen molar-refractivity contribution in [1.29, 1.82) is 0 Å².